The van der Waals surface area contributed by atoms with Crippen LogP contribution in [0.15, 0.2) is 24.3 Å². The Bertz CT molecular complexity index is 902. The number of carbonyl (C=O) groups is 1. The SMILES string of the molecule is CCCCCC(O)c1ccc(C2C(OCCc3ccc(C(=O)O)s3)[C@H](C#N)C[C@H]2O)s1. The lowest BCUT2D eigenvalue weighted by Gasteiger charge is -2.23. The van der Waals surface area contributed by atoms with Gasteiger partial charge in [-0.3, -0.25) is 0 Å². The predicted molar refractivity (Wildman–Crippen MR) is 121 cm³/mol. The normalized spacial score (nSPS) is 24.2. The molecule has 0 saturated heterocycles. The first-order valence-corrected chi connectivity index (χ1v) is 12.4. The molecule has 0 spiro atoms. The quantitative estimate of drug-likeness (QED) is 0.415. The summed E-state index contributed by atoms with van der Waals surface area (Å²) in [6, 6.07) is 9.49. The number of thiophene rings is 2. The molecule has 3 rings (SSSR count). The number of rotatable bonds is 11. The molecule has 3 unspecified atom stereocenters. The highest BCUT2D eigenvalue weighted by Crippen LogP contribution is 2.44. The van der Waals surface area contributed by atoms with Crippen LogP contribution >= 0.6 is 22.7 Å². The van der Waals surface area contributed by atoms with E-state index in [1.54, 1.807) is 12.1 Å². The van der Waals surface area contributed by atoms with Gasteiger partial charge < -0.3 is 20.1 Å². The van der Waals surface area contributed by atoms with Crippen LogP contribution in [0.4, 0.5) is 0 Å². The van der Waals surface area contributed by atoms with Crippen LogP contribution in [0.5, 0.6) is 0 Å². The summed E-state index contributed by atoms with van der Waals surface area (Å²) in [5, 5.41) is 39.8. The molecule has 0 bridgehead atoms. The van der Waals surface area contributed by atoms with E-state index in [1.807, 2.05) is 12.1 Å². The molecule has 2 aromatic heterocycles. The summed E-state index contributed by atoms with van der Waals surface area (Å²) < 4.78 is 6.09. The summed E-state index contributed by atoms with van der Waals surface area (Å²) in [6.07, 6.45) is 3.22. The first kappa shape index (κ1) is 23.9. The highest BCUT2D eigenvalue weighted by Gasteiger charge is 2.45. The second-order valence-electron chi connectivity index (χ2n) is 7.97. The van der Waals surface area contributed by atoms with Gasteiger partial charge in [-0.25, -0.2) is 4.79 Å². The van der Waals surface area contributed by atoms with Gasteiger partial charge in [-0.15, -0.1) is 22.7 Å². The number of carboxylic acids is 1. The van der Waals surface area contributed by atoms with Gasteiger partial charge in [-0.05, 0) is 37.1 Å². The Morgan fingerprint density at radius 3 is 2.77 bits per heavy atom. The fourth-order valence-electron chi connectivity index (χ4n) is 4.09. The third kappa shape index (κ3) is 5.93. The van der Waals surface area contributed by atoms with E-state index in [9.17, 15) is 20.3 Å². The van der Waals surface area contributed by atoms with Crippen LogP contribution < -0.4 is 0 Å². The van der Waals surface area contributed by atoms with Crippen LogP contribution in [-0.4, -0.2) is 40.1 Å². The summed E-state index contributed by atoms with van der Waals surface area (Å²) in [5.74, 6) is -1.65. The highest BCUT2D eigenvalue weighted by atomic mass is 32.1. The molecule has 2 heterocycles. The molecule has 168 valence electrons. The number of carboxylic acid groups (broad SMARTS) is 1. The molecule has 0 aromatic carbocycles. The number of aromatic carboxylic acids is 1. The second kappa shape index (κ2) is 11.2. The molecule has 8 heteroatoms. The predicted octanol–water partition coefficient (Wildman–Crippen LogP) is 4.74. The number of hydrogen-bond acceptors (Lipinski definition) is 7. The van der Waals surface area contributed by atoms with Crippen LogP contribution in [0.2, 0.25) is 0 Å². The molecule has 0 radical (unpaired) electrons. The van der Waals surface area contributed by atoms with Gasteiger partial charge in [0.05, 0.1) is 36.9 Å². The van der Waals surface area contributed by atoms with Gasteiger partial charge in [0.25, 0.3) is 0 Å². The molecule has 31 heavy (non-hydrogen) atoms. The van der Waals surface area contributed by atoms with E-state index in [2.05, 4.69) is 13.0 Å². The Kier molecular flexibility index (Phi) is 8.64. The number of unbranched alkanes of at least 4 members (excludes halogenated alkanes) is 2. The molecule has 1 saturated carbocycles. The van der Waals surface area contributed by atoms with Crippen LogP contribution in [0.3, 0.4) is 0 Å². The zero-order chi connectivity index (χ0) is 22.4. The molecule has 6 nitrogen and oxygen atoms in total. The van der Waals surface area contributed by atoms with Gasteiger partial charge in [0, 0.05) is 27.0 Å². The maximum Gasteiger partial charge on any atom is 0.345 e. The Hall–Kier alpha value is -1.76. The van der Waals surface area contributed by atoms with Crippen molar-refractivity contribution >= 4 is 28.6 Å². The summed E-state index contributed by atoms with van der Waals surface area (Å²) in [7, 11) is 0. The number of aliphatic hydroxyl groups excluding tert-OH is 2. The van der Waals surface area contributed by atoms with Gasteiger partial charge in [0.15, 0.2) is 0 Å². The van der Waals surface area contributed by atoms with Crippen LogP contribution in [0, 0.1) is 17.2 Å². The second-order valence-corrected chi connectivity index (χ2v) is 10.3. The van der Waals surface area contributed by atoms with E-state index in [-0.39, 0.29) is 5.92 Å². The fraction of sp³-hybridized carbons (Fsp3) is 0.565. The monoisotopic (exact) mass is 463 g/mol. The number of ether oxygens (including phenoxy) is 1. The molecule has 1 aliphatic rings. The van der Waals surface area contributed by atoms with Crippen molar-refractivity contribution in [2.45, 2.75) is 69.7 Å². The Labute approximate surface area is 190 Å². The third-order valence-corrected chi connectivity index (χ3v) is 8.16. The first-order chi connectivity index (χ1) is 14.9. The summed E-state index contributed by atoms with van der Waals surface area (Å²) >= 11 is 2.71. The average Bonchev–Trinajstić information content (AvgIpc) is 3.47. The maximum atomic E-state index is 11.0. The van der Waals surface area contributed by atoms with Gasteiger partial charge >= 0.3 is 5.97 Å². The van der Waals surface area contributed by atoms with Gasteiger partial charge in [-0.2, -0.15) is 5.26 Å². The van der Waals surface area contributed by atoms with E-state index >= 15 is 0 Å². The van der Waals surface area contributed by atoms with Gasteiger partial charge in [-0.1, -0.05) is 26.2 Å². The van der Waals surface area contributed by atoms with E-state index in [1.165, 1.54) is 22.7 Å². The van der Waals surface area contributed by atoms with E-state index in [4.69, 9.17) is 9.84 Å². The molecule has 1 fully saturated rings. The lowest BCUT2D eigenvalue weighted by Crippen LogP contribution is -2.26. The topological polar surface area (TPSA) is 111 Å². The van der Waals surface area contributed by atoms with Crippen molar-refractivity contribution in [2.75, 3.05) is 6.61 Å². The van der Waals surface area contributed by atoms with Crippen molar-refractivity contribution < 1.29 is 24.9 Å². The zero-order valence-corrected chi connectivity index (χ0v) is 19.2. The highest BCUT2D eigenvalue weighted by molar-refractivity contribution is 7.13. The van der Waals surface area contributed by atoms with Crippen molar-refractivity contribution in [2.24, 2.45) is 5.92 Å². The minimum Gasteiger partial charge on any atom is -0.477 e. The minimum atomic E-state index is -0.939. The Morgan fingerprint density at radius 2 is 2.10 bits per heavy atom. The smallest absolute Gasteiger partial charge is 0.345 e. The van der Waals surface area contributed by atoms with E-state index < -0.39 is 30.2 Å². The lowest BCUT2D eigenvalue weighted by molar-refractivity contribution is 0.0214. The number of nitrogens with zero attached hydrogens (tertiary/aromatic N) is 1. The summed E-state index contributed by atoms with van der Waals surface area (Å²) in [4.78, 5) is 14.1. The molecule has 0 aliphatic heterocycles. The van der Waals surface area contributed by atoms with Gasteiger partial charge in [0.2, 0.25) is 0 Å². The molecule has 2 aromatic rings. The standard InChI is InChI=1S/C23H29NO5S2/c1-2-3-4-5-16(25)18-8-9-19(31-18)21-17(26)12-14(13-24)22(21)29-11-10-15-6-7-20(30-15)23(27)28/h6-9,14,16-17,21-22,25-26H,2-5,10-12H2,1H3,(H,27,28)/t14-,16?,17+,21?,22?/m0/s1. The Balaban J connectivity index is 1.65. The molecule has 0 amide bonds. The Morgan fingerprint density at radius 1 is 1.29 bits per heavy atom. The molecule has 1 aliphatic carbocycles. The van der Waals surface area contributed by atoms with Crippen molar-refractivity contribution in [1.82, 2.24) is 0 Å². The number of nitriles is 1. The van der Waals surface area contributed by atoms with Crippen molar-refractivity contribution in [3.05, 3.63) is 43.8 Å². The maximum absolute atomic E-state index is 11.0. The average molecular weight is 464 g/mol. The van der Waals surface area contributed by atoms with Crippen LogP contribution in [0.1, 0.15) is 75.4 Å². The first-order valence-electron chi connectivity index (χ1n) is 10.7. The third-order valence-electron chi connectivity index (χ3n) is 5.74. The summed E-state index contributed by atoms with van der Waals surface area (Å²) in [5.41, 5.74) is 0. The molecular formula is C23H29NO5S2. The minimum absolute atomic E-state index is 0.294. The number of hydrogen-bond donors (Lipinski definition) is 3. The van der Waals surface area contributed by atoms with E-state index in [0.29, 0.717) is 24.3 Å². The largest absolute Gasteiger partial charge is 0.477 e. The van der Waals surface area contributed by atoms with Crippen LogP contribution in [-0.2, 0) is 11.2 Å². The lowest BCUT2D eigenvalue weighted by atomic mass is 9.99. The molecular weight excluding hydrogens is 434 g/mol. The molecule has 3 N–H and O–H groups in total. The molecule has 5 atom stereocenters. The zero-order valence-electron chi connectivity index (χ0n) is 17.6. The van der Waals surface area contributed by atoms with Crippen molar-refractivity contribution in [3.63, 3.8) is 0 Å². The summed E-state index contributed by atoms with van der Waals surface area (Å²) in [6.45, 7) is 2.48. The van der Waals surface area contributed by atoms with Crippen LogP contribution in [0.25, 0.3) is 0 Å². The number of aliphatic hydroxyl groups is 2. The van der Waals surface area contributed by atoms with Crippen molar-refractivity contribution in [1.29, 1.82) is 5.26 Å². The van der Waals surface area contributed by atoms with Crippen molar-refractivity contribution in [3.8, 4) is 6.07 Å². The fourth-order valence-corrected chi connectivity index (χ4v) is 6.14. The van der Waals surface area contributed by atoms with E-state index in [0.717, 1.165) is 40.3 Å². The van der Waals surface area contributed by atoms with Gasteiger partial charge in [0.1, 0.15) is 4.88 Å².